The number of hydrogen-bond donors (Lipinski definition) is 1. The van der Waals surface area contributed by atoms with Crippen LogP contribution < -0.4 is 5.32 Å². The average molecular weight is 279 g/mol. The number of hydrogen-bond acceptors (Lipinski definition) is 4. The molecule has 3 unspecified atom stereocenters. The summed E-state index contributed by atoms with van der Waals surface area (Å²) in [5, 5.41) is 7.13. The zero-order valence-corrected chi connectivity index (χ0v) is 12.9. The van der Waals surface area contributed by atoms with E-state index >= 15 is 0 Å². The lowest BCUT2D eigenvalue weighted by atomic mass is 9.93. The van der Waals surface area contributed by atoms with Gasteiger partial charge in [0.15, 0.2) is 0 Å². The average Bonchev–Trinajstić information content (AvgIpc) is 3.06. The number of aryl methyl sites for hydroxylation is 1. The summed E-state index contributed by atoms with van der Waals surface area (Å²) >= 11 is 1.84. The van der Waals surface area contributed by atoms with Gasteiger partial charge in [0.1, 0.15) is 0 Å². The molecule has 2 saturated heterocycles. The number of nitrogens with one attached hydrogen (secondary N) is 1. The Bertz CT molecular complexity index is 417. The third-order valence-electron chi connectivity index (χ3n) is 4.67. The molecule has 3 heterocycles. The first-order chi connectivity index (χ1) is 9.31. The monoisotopic (exact) mass is 279 g/mol. The van der Waals surface area contributed by atoms with Crippen molar-refractivity contribution >= 4 is 11.3 Å². The molecule has 0 aromatic carbocycles. The van der Waals surface area contributed by atoms with Gasteiger partial charge < -0.3 is 5.32 Å². The van der Waals surface area contributed by atoms with Crippen molar-refractivity contribution in [1.29, 1.82) is 0 Å². The van der Waals surface area contributed by atoms with Crippen LogP contribution in [0.15, 0.2) is 5.38 Å². The molecule has 1 aromatic rings. The molecule has 3 rings (SSSR count). The van der Waals surface area contributed by atoms with Crippen molar-refractivity contribution < 1.29 is 0 Å². The maximum atomic E-state index is 4.79. The van der Waals surface area contributed by atoms with Crippen LogP contribution in [0.25, 0.3) is 0 Å². The maximum Gasteiger partial charge on any atom is 0.0928 e. The van der Waals surface area contributed by atoms with Crippen LogP contribution in [0, 0.1) is 11.8 Å². The van der Waals surface area contributed by atoms with E-state index in [0.29, 0.717) is 0 Å². The second-order valence-electron chi connectivity index (χ2n) is 5.97. The summed E-state index contributed by atoms with van der Waals surface area (Å²) in [4.78, 5) is 7.47. The van der Waals surface area contributed by atoms with Gasteiger partial charge in [-0.15, -0.1) is 11.3 Å². The van der Waals surface area contributed by atoms with Gasteiger partial charge in [-0.1, -0.05) is 13.8 Å². The smallest absolute Gasteiger partial charge is 0.0928 e. The van der Waals surface area contributed by atoms with E-state index in [4.69, 9.17) is 4.98 Å². The quantitative estimate of drug-likeness (QED) is 0.898. The Balaban J connectivity index is 1.65. The molecule has 0 radical (unpaired) electrons. The van der Waals surface area contributed by atoms with Gasteiger partial charge in [-0.3, -0.25) is 4.90 Å². The largest absolute Gasteiger partial charge is 0.316 e. The fourth-order valence-electron chi connectivity index (χ4n) is 3.81. The minimum atomic E-state index is 0.760. The third kappa shape index (κ3) is 2.71. The van der Waals surface area contributed by atoms with Gasteiger partial charge in [-0.2, -0.15) is 0 Å². The van der Waals surface area contributed by atoms with E-state index in [1.54, 1.807) is 0 Å². The van der Waals surface area contributed by atoms with Crippen LogP contribution in [0.2, 0.25) is 0 Å². The van der Waals surface area contributed by atoms with Crippen molar-refractivity contribution in [1.82, 2.24) is 15.2 Å². The normalized spacial score (nSPS) is 30.9. The number of fused-ring (bicyclic) bond motifs is 1. The Kier molecular flexibility index (Phi) is 4.20. The molecule has 19 heavy (non-hydrogen) atoms. The molecule has 0 aliphatic carbocycles. The second-order valence-corrected chi connectivity index (χ2v) is 6.91. The summed E-state index contributed by atoms with van der Waals surface area (Å²) in [5.41, 5.74) is 1.29. The van der Waals surface area contributed by atoms with Crippen molar-refractivity contribution in [3.8, 4) is 0 Å². The van der Waals surface area contributed by atoms with Gasteiger partial charge >= 0.3 is 0 Å². The minimum Gasteiger partial charge on any atom is -0.316 e. The van der Waals surface area contributed by atoms with Gasteiger partial charge in [-0.25, -0.2) is 4.98 Å². The van der Waals surface area contributed by atoms with Crippen LogP contribution in [0.3, 0.4) is 0 Å². The summed E-state index contributed by atoms with van der Waals surface area (Å²) in [5.74, 6) is 1.75. The Morgan fingerprint density at radius 1 is 1.42 bits per heavy atom. The molecule has 1 N–H and O–H groups in total. The standard InChI is InChI=1S/C15H25N3S/c1-3-5-15-17-12(10-19-15)9-18-8-11-6-16-7-13(11)14(18)4-2/h10-11,13-14,16H,3-9H2,1-2H3. The molecule has 2 fully saturated rings. The van der Waals surface area contributed by atoms with Gasteiger partial charge in [0.05, 0.1) is 10.7 Å². The summed E-state index contributed by atoms with van der Waals surface area (Å²) in [6.45, 7) is 9.32. The number of rotatable bonds is 5. The van der Waals surface area contributed by atoms with E-state index < -0.39 is 0 Å². The second kappa shape index (κ2) is 5.90. The fraction of sp³-hybridized carbons (Fsp3) is 0.800. The Labute approximate surface area is 120 Å². The van der Waals surface area contributed by atoms with E-state index in [2.05, 4.69) is 29.4 Å². The zero-order valence-electron chi connectivity index (χ0n) is 12.1. The Morgan fingerprint density at radius 2 is 2.32 bits per heavy atom. The first-order valence-electron chi connectivity index (χ1n) is 7.69. The molecule has 3 nitrogen and oxygen atoms in total. The minimum absolute atomic E-state index is 0.760. The van der Waals surface area contributed by atoms with Crippen molar-refractivity contribution in [3.05, 3.63) is 16.1 Å². The highest BCUT2D eigenvalue weighted by Gasteiger charge is 2.42. The predicted molar refractivity (Wildman–Crippen MR) is 80.4 cm³/mol. The van der Waals surface area contributed by atoms with Gasteiger partial charge in [-0.05, 0) is 44.2 Å². The number of thiazole rings is 1. The zero-order chi connectivity index (χ0) is 13.2. The summed E-state index contributed by atoms with van der Waals surface area (Å²) < 4.78 is 0. The van der Waals surface area contributed by atoms with Crippen molar-refractivity contribution in [2.45, 2.75) is 45.7 Å². The molecular weight excluding hydrogens is 254 g/mol. The van der Waals surface area contributed by atoms with Crippen molar-refractivity contribution in [2.24, 2.45) is 11.8 Å². The molecular formula is C15H25N3S. The van der Waals surface area contributed by atoms with Gasteiger partial charge in [0.25, 0.3) is 0 Å². The molecule has 0 saturated carbocycles. The number of nitrogens with zero attached hydrogens (tertiary/aromatic N) is 2. The van der Waals surface area contributed by atoms with Gasteiger partial charge in [0.2, 0.25) is 0 Å². The molecule has 0 bridgehead atoms. The molecule has 3 atom stereocenters. The molecule has 0 amide bonds. The van der Waals surface area contributed by atoms with E-state index in [1.165, 1.54) is 43.2 Å². The third-order valence-corrected chi connectivity index (χ3v) is 5.63. The molecule has 106 valence electrons. The highest BCUT2D eigenvalue weighted by Crippen LogP contribution is 2.35. The maximum absolute atomic E-state index is 4.79. The Morgan fingerprint density at radius 3 is 3.11 bits per heavy atom. The van der Waals surface area contributed by atoms with Crippen LogP contribution >= 0.6 is 11.3 Å². The molecule has 4 heteroatoms. The molecule has 2 aliphatic heterocycles. The van der Waals surface area contributed by atoms with Crippen LogP contribution in [0.4, 0.5) is 0 Å². The summed E-state index contributed by atoms with van der Waals surface area (Å²) in [6.07, 6.45) is 3.61. The van der Waals surface area contributed by atoms with Crippen molar-refractivity contribution in [3.63, 3.8) is 0 Å². The molecule has 0 spiro atoms. The lowest BCUT2D eigenvalue weighted by Crippen LogP contribution is -2.34. The summed E-state index contributed by atoms with van der Waals surface area (Å²) in [7, 11) is 0. The lowest BCUT2D eigenvalue weighted by Gasteiger charge is -2.25. The predicted octanol–water partition coefficient (Wildman–Crippen LogP) is 2.53. The first kappa shape index (κ1) is 13.5. The lowest BCUT2D eigenvalue weighted by molar-refractivity contribution is 0.208. The summed E-state index contributed by atoms with van der Waals surface area (Å²) in [6, 6.07) is 0.760. The SMILES string of the molecule is CCCc1nc(CN2CC3CNCC3C2CC)cs1. The fourth-order valence-corrected chi connectivity index (χ4v) is 4.70. The van der Waals surface area contributed by atoms with Crippen LogP contribution in [0.5, 0.6) is 0 Å². The number of aromatic nitrogens is 1. The van der Waals surface area contributed by atoms with Crippen LogP contribution in [0.1, 0.15) is 37.4 Å². The first-order valence-corrected chi connectivity index (χ1v) is 8.57. The van der Waals surface area contributed by atoms with Crippen molar-refractivity contribution in [2.75, 3.05) is 19.6 Å². The van der Waals surface area contributed by atoms with E-state index in [-0.39, 0.29) is 0 Å². The molecule has 1 aromatic heterocycles. The van der Waals surface area contributed by atoms with E-state index in [1.807, 2.05) is 11.3 Å². The highest BCUT2D eigenvalue weighted by molar-refractivity contribution is 7.09. The van der Waals surface area contributed by atoms with Crippen LogP contribution in [-0.2, 0) is 13.0 Å². The molecule has 2 aliphatic rings. The number of likely N-dealkylation sites (tertiary alicyclic amines) is 1. The highest BCUT2D eigenvalue weighted by atomic mass is 32.1. The van der Waals surface area contributed by atoms with Gasteiger partial charge in [0, 0.05) is 24.5 Å². The Hall–Kier alpha value is -0.450. The van der Waals surface area contributed by atoms with E-state index in [0.717, 1.165) is 30.8 Å². The van der Waals surface area contributed by atoms with Crippen LogP contribution in [-0.4, -0.2) is 35.6 Å². The van der Waals surface area contributed by atoms with E-state index in [9.17, 15) is 0 Å². The topological polar surface area (TPSA) is 28.2 Å².